The number of likely N-dealkylation sites (tertiary alicyclic amines) is 1. The maximum Gasteiger partial charge on any atom is 0.0831 e. The van der Waals surface area contributed by atoms with Crippen molar-refractivity contribution in [1.29, 1.82) is 0 Å². The molecule has 1 heterocycles. The van der Waals surface area contributed by atoms with Gasteiger partial charge in [0.25, 0.3) is 0 Å². The van der Waals surface area contributed by atoms with E-state index in [-0.39, 0.29) is 35.3 Å². The molecule has 6 nitrogen and oxygen atoms in total. The van der Waals surface area contributed by atoms with E-state index in [1.54, 1.807) is 7.11 Å². The fourth-order valence-electron chi connectivity index (χ4n) is 10.1. The lowest BCUT2D eigenvalue weighted by atomic mass is 9.42. The minimum Gasteiger partial charge on any atom is -0.392 e. The van der Waals surface area contributed by atoms with Crippen molar-refractivity contribution in [3.05, 3.63) is 0 Å². The second-order valence-corrected chi connectivity index (χ2v) is 11.3. The van der Waals surface area contributed by atoms with E-state index in [0.29, 0.717) is 19.3 Å². The van der Waals surface area contributed by atoms with Crippen LogP contribution >= 0.6 is 0 Å². The number of rotatable bonds is 2. The first-order valence-electron chi connectivity index (χ1n) is 11.3. The Morgan fingerprint density at radius 2 is 1.93 bits per heavy atom. The average molecular weight is 394 g/mol. The first-order chi connectivity index (χ1) is 13.2. The molecule has 4 N–H and O–H groups in total. The van der Waals surface area contributed by atoms with Gasteiger partial charge in [0, 0.05) is 49.3 Å². The molecular formula is C22H35NO5. The molecule has 1 saturated heterocycles. The summed E-state index contributed by atoms with van der Waals surface area (Å²) in [4.78, 5) is 2.45. The molecule has 158 valence electrons. The molecule has 5 saturated carbocycles. The van der Waals surface area contributed by atoms with Crippen molar-refractivity contribution in [2.75, 3.05) is 20.2 Å². The Labute approximate surface area is 166 Å². The van der Waals surface area contributed by atoms with Crippen molar-refractivity contribution >= 4 is 0 Å². The Balaban J connectivity index is 1.64. The molecule has 6 rings (SSSR count). The molecule has 28 heavy (non-hydrogen) atoms. The molecule has 1 aliphatic heterocycles. The molecule has 6 aliphatic rings. The zero-order valence-electron chi connectivity index (χ0n) is 17.2. The van der Waals surface area contributed by atoms with Gasteiger partial charge in [0.15, 0.2) is 0 Å². The van der Waals surface area contributed by atoms with E-state index in [2.05, 4.69) is 18.7 Å². The SMILES string of the molecule is CCN1C[C@]2(C)CC[C@H](O)[C@]34C1[C@H](C[C@H]23)[C@@]1(O)C[C@H](OC)C2C[C@]4(O)[C@@H]1[C@H]2O. The van der Waals surface area contributed by atoms with Gasteiger partial charge in [-0.05, 0) is 43.6 Å². The van der Waals surface area contributed by atoms with Gasteiger partial charge in [-0.15, -0.1) is 0 Å². The van der Waals surface area contributed by atoms with Crippen molar-refractivity contribution < 1.29 is 25.2 Å². The predicted octanol–water partition coefficient (Wildman–Crippen LogP) is 0.365. The summed E-state index contributed by atoms with van der Waals surface area (Å²) in [5, 5.41) is 47.4. The van der Waals surface area contributed by atoms with Crippen molar-refractivity contribution in [1.82, 2.24) is 4.90 Å². The summed E-state index contributed by atoms with van der Waals surface area (Å²) in [5.41, 5.74) is -3.02. The molecule has 0 aromatic heterocycles. The second kappa shape index (κ2) is 5.14. The number of aliphatic hydroxyl groups is 4. The van der Waals surface area contributed by atoms with E-state index in [1.165, 1.54) is 0 Å². The maximum atomic E-state index is 12.5. The van der Waals surface area contributed by atoms with Gasteiger partial charge in [0.1, 0.15) is 0 Å². The zero-order valence-corrected chi connectivity index (χ0v) is 17.2. The Kier molecular flexibility index (Phi) is 3.40. The van der Waals surface area contributed by atoms with Gasteiger partial charge in [-0.2, -0.15) is 0 Å². The number of ether oxygens (including phenoxy) is 1. The molecule has 0 aromatic carbocycles. The minimum absolute atomic E-state index is 0.0290. The first kappa shape index (κ1) is 18.5. The lowest BCUT2D eigenvalue weighted by Crippen LogP contribution is -2.81. The smallest absolute Gasteiger partial charge is 0.0831 e. The molecule has 2 unspecified atom stereocenters. The standard InChI is InChI=1S/C22H35NO5/c1-4-23-10-19(2)6-5-15(24)22-14(19)7-12(18(22)23)20(26)9-13(28-3)11-8-21(22,27)17(20)16(11)25/h11-18,24-27H,4-10H2,1-3H3/t11?,12-,13-,14+,15-,16-,17+,18?,19-,20-,21-,22-/m0/s1. The molecule has 1 spiro atoms. The molecule has 0 aromatic rings. The molecule has 6 heteroatoms. The van der Waals surface area contributed by atoms with E-state index in [4.69, 9.17) is 4.74 Å². The highest BCUT2D eigenvalue weighted by atomic mass is 16.5. The van der Waals surface area contributed by atoms with Crippen molar-refractivity contribution in [2.45, 2.75) is 81.5 Å². The topological polar surface area (TPSA) is 93.4 Å². The third kappa shape index (κ3) is 1.59. The van der Waals surface area contributed by atoms with Gasteiger partial charge in [-0.25, -0.2) is 0 Å². The Bertz CT molecular complexity index is 719. The lowest BCUT2D eigenvalue weighted by Gasteiger charge is -2.71. The van der Waals surface area contributed by atoms with Crippen LogP contribution in [0.3, 0.4) is 0 Å². The van der Waals surface area contributed by atoms with Crippen LogP contribution in [0.2, 0.25) is 0 Å². The average Bonchev–Trinajstić information content (AvgIpc) is 3.07. The Morgan fingerprint density at radius 3 is 2.61 bits per heavy atom. The van der Waals surface area contributed by atoms with Crippen LogP contribution in [0.1, 0.15) is 46.0 Å². The van der Waals surface area contributed by atoms with Gasteiger partial charge < -0.3 is 25.2 Å². The maximum absolute atomic E-state index is 12.5. The van der Waals surface area contributed by atoms with E-state index in [0.717, 1.165) is 25.9 Å². The van der Waals surface area contributed by atoms with Crippen LogP contribution in [0.4, 0.5) is 0 Å². The van der Waals surface area contributed by atoms with Crippen LogP contribution in [0.15, 0.2) is 0 Å². The fraction of sp³-hybridized carbons (Fsp3) is 1.00. The monoisotopic (exact) mass is 393 g/mol. The number of fused-ring (bicyclic) bond motifs is 2. The van der Waals surface area contributed by atoms with E-state index < -0.39 is 34.7 Å². The Hall–Kier alpha value is -0.240. The lowest BCUT2D eigenvalue weighted by molar-refractivity contribution is -0.321. The van der Waals surface area contributed by atoms with Gasteiger partial charge >= 0.3 is 0 Å². The van der Waals surface area contributed by atoms with Gasteiger partial charge in [0.2, 0.25) is 0 Å². The normalized spacial score (nSPS) is 67.0. The van der Waals surface area contributed by atoms with Crippen molar-refractivity contribution in [3.8, 4) is 0 Å². The van der Waals surface area contributed by atoms with Gasteiger partial charge in [0.05, 0.1) is 29.5 Å². The van der Waals surface area contributed by atoms with Crippen LogP contribution < -0.4 is 0 Å². The Morgan fingerprint density at radius 1 is 1.18 bits per heavy atom. The highest BCUT2D eigenvalue weighted by molar-refractivity contribution is 5.37. The number of hydrogen-bond acceptors (Lipinski definition) is 6. The molecule has 6 fully saturated rings. The largest absolute Gasteiger partial charge is 0.392 e. The molecule has 7 bridgehead atoms. The van der Waals surface area contributed by atoms with Crippen LogP contribution in [0.5, 0.6) is 0 Å². The summed E-state index contributed by atoms with van der Waals surface area (Å²) in [6.07, 6.45) is 1.79. The molecule has 0 radical (unpaired) electrons. The van der Waals surface area contributed by atoms with E-state index >= 15 is 0 Å². The summed E-state index contributed by atoms with van der Waals surface area (Å²) >= 11 is 0. The summed E-state index contributed by atoms with van der Waals surface area (Å²) in [7, 11) is 1.65. The third-order valence-corrected chi connectivity index (χ3v) is 10.8. The number of nitrogens with zero attached hydrogens (tertiary/aromatic N) is 1. The van der Waals surface area contributed by atoms with E-state index in [9.17, 15) is 20.4 Å². The van der Waals surface area contributed by atoms with Crippen LogP contribution in [0.25, 0.3) is 0 Å². The van der Waals surface area contributed by atoms with Crippen LogP contribution in [0, 0.1) is 34.5 Å². The second-order valence-electron chi connectivity index (χ2n) is 11.3. The molecule has 0 amide bonds. The van der Waals surface area contributed by atoms with E-state index in [1.807, 2.05) is 0 Å². The predicted molar refractivity (Wildman–Crippen MR) is 101 cm³/mol. The van der Waals surface area contributed by atoms with Gasteiger partial charge in [-0.3, -0.25) is 4.90 Å². The quantitative estimate of drug-likeness (QED) is 0.542. The number of methoxy groups -OCH3 is 1. The number of aliphatic hydroxyl groups excluding tert-OH is 2. The van der Waals surface area contributed by atoms with Crippen LogP contribution in [-0.4, -0.2) is 81.1 Å². The molecule has 5 aliphatic carbocycles. The van der Waals surface area contributed by atoms with Crippen molar-refractivity contribution in [3.63, 3.8) is 0 Å². The molecule has 12 atom stereocenters. The highest BCUT2D eigenvalue weighted by Gasteiger charge is 2.87. The fourth-order valence-corrected chi connectivity index (χ4v) is 10.1. The van der Waals surface area contributed by atoms with Gasteiger partial charge in [-0.1, -0.05) is 13.8 Å². The highest BCUT2D eigenvalue weighted by Crippen LogP contribution is 2.79. The van der Waals surface area contributed by atoms with Crippen LogP contribution in [-0.2, 0) is 4.74 Å². The number of hydrogen-bond donors (Lipinski definition) is 4. The zero-order chi connectivity index (χ0) is 19.9. The summed E-state index contributed by atoms with van der Waals surface area (Å²) < 4.78 is 5.72. The summed E-state index contributed by atoms with van der Waals surface area (Å²) in [6.45, 7) is 6.31. The summed E-state index contributed by atoms with van der Waals surface area (Å²) in [6, 6.07) is -0.0290. The van der Waals surface area contributed by atoms with Crippen molar-refractivity contribution in [2.24, 2.45) is 34.5 Å². The third-order valence-electron chi connectivity index (χ3n) is 10.8. The summed E-state index contributed by atoms with van der Waals surface area (Å²) in [5.74, 6) is -0.613. The number of piperidine rings is 1. The molecular weight excluding hydrogens is 358 g/mol. The minimum atomic E-state index is -1.25. The first-order valence-corrected chi connectivity index (χ1v) is 11.3.